The lowest BCUT2D eigenvalue weighted by molar-refractivity contribution is -0.122. The molecule has 6 heteroatoms. The molecule has 0 bridgehead atoms. The molecular weight excluding hydrogens is 358 g/mol. The van der Waals surface area contributed by atoms with Crippen molar-refractivity contribution in [1.29, 1.82) is 0 Å². The van der Waals surface area contributed by atoms with Gasteiger partial charge in [0.15, 0.2) is 0 Å². The number of nitrogens with zero attached hydrogens (tertiary/aromatic N) is 1. The van der Waals surface area contributed by atoms with Gasteiger partial charge in [0.1, 0.15) is 5.03 Å². The molecule has 4 nitrogen and oxygen atoms in total. The maximum Gasteiger partial charge on any atom is 0.279 e. The molecule has 0 heterocycles. The molecule has 2 aromatic carbocycles. The summed E-state index contributed by atoms with van der Waals surface area (Å²) in [4.78, 5) is 12.7. The first kappa shape index (κ1) is 19.2. The number of halogens is 1. The van der Waals surface area contributed by atoms with E-state index in [2.05, 4.69) is 0 Å². The molecule has 0 N–H and O–H groups in total. The van der Waals surface area contributed by atoms with Gasteiger partial charge < -0.3 is 0 Å². The first-order chi connectivity index (χ1) is 11.9. The van der Waals surface area contributed by atoms with Gasteiger partial charge in [-0.25, -0.2) is 12.7 Å². The average Bonchev–Trinajstić information content (AvgIpc) is 2.60. The molecule has 0 fully saturated rings. The van der Waals surface area contributed by atoms with Gasteiger partial charge in [-0.05, 0) is 31.0 Å². The van der Waals surface area contributed by atoms with E-state index in [1.807, 2.05) is 19.9 Å². The van der Waals surface area contributed by atoms with Gasteiger partial charge in [0.05, 0.1) is 11.4 Å². The zero-order valence-corrected chi connectivity index (χ0v) is 15.7. The minimum absolute atomic E-state index is 0.0587. The molecule has 0 aliphatic rings. The Labute approximate surface area is 153 Å². The second-order valence-corrected chi connectivity index (χ2v) is 7.85. The highest BCUT2D eigenvalue weighted by Gasteiger charge is 2.30. The number of hydrogen-bond acceptors (Lipinski definition) is 3. The summed E-state index contributed by atoms with van der Waals surface area (Å²) < 4.78 is 26.9. The van der Waals surface area contributed by atoms with E-state index in [0.29, 0.717) is 12.0 Å². The van der Waals surface area contributed by atoms with Crippen molar-refractivity contribution < 1.29 is 13.2 Å². The molecule has 0 aliphatic heterocycles. The largest absolute Gasteiger partial charge is 0.279 e. The Morgan fingerprint density at radius 3 is 2.24 bits per heavy atom. The van der Waals surface area contributed by atoms with Crippen LogP contribution in [0.3, 0.4) is 0 Å². The third kappa shape index (κ3) is 4.71. The van der Waals surface area contributed by atoms with Crippen LogP contribution in [-0.2, 0) is 21.4 Å². The van der Waals surface area contributed by atoms with Crippen molar-refractivity contribution in [1.82, 2.24) is 4.31 Å². The predicted octanol–water partition coefficient (Wildman–Crippen LogP) is 4.25. The van der Waals surface area contributed by atoms with Crippen molar-refractivity contribution in [3.05, 3.63) is 76.8 Å². The van der Waals surface area contributed by atoms with E-state index in [1.165, 1.54) is 18.2 Å². The molecule has 0 radical (unpaired) electrons. The highest BCUT2D eigenvalue weighted by atomic mass is 35.5. The lowest BCUT2D eigenvalue weighted by Gasteiger charge is -2.22. The summed E-state index contributed by atoms with van der Waals surface area (Å²) in [7, 11) is -4.02. The van der Waals surface area contributed by atoms with E-state index in [1.54, 1.807) is 36.4 Å². The first-order valence-electron chi connectivity index (χ1n) is 7.89. The minimum atomic E-state index is -4.02. The predicted molar refractivity (Wildman–Crippen MR) is 99.6 cm³/mol. The van der Waals surface area contributed by atoms with Crippen LogP contribution < -0.4 is 0 Å². The molecule has 132 valence electrons. The van der Waals surface area contributed by atoms with Gasteiger partial charge in [-0.15, -0.1) is 0 Å². The van der Waals surface area contributed by atoms with E-state index < -0.39 is 15.9 Å². The zero-order valence-electron chi connectivity index (χ0n) is 14.1. The van der Waals surface area contributed by atoms with E-state index in [-0.39, 0.29) is 16.5 Å². The number of aryl methyl sites for hydroxylation is 1. The fraction of sp³-hybridized carbons (Fsp3) is 0.211. The topological polar surface area (TPSA) is 54.5 Å². The van der Waals surface area contributed by atoms with Gasteiger partial charge in [-0.2, -0.15) is 0 Å². The number of benzene rings is 2. The third-order valence-electron chi connectivity index (χ3n) is 3.59. The molecule has 25 heavy (non-hydrogen) atoms. The standard InChI is InChI=1S/C19H20ClNO3S/c1-3-7-18(20)19(22)21(14-16-8-5-4-6-9-16)25(23,24)17-12-10-15(2)11-13-17/h4-13H,3,14H2,1-2H3/b18-7-. The number of allylic oxidation sites excluding steroid dienone is 1. The average molecular weight is 378 g/mol. The van der Waals surface area contributed by atoms with Crippen LogP contribution in [0, 0.1) is 6.92 Å². The van der Waals surface area contributed by atoms with Crippen molar-refractivity contribution in [2.75, 3.05) is 0 Å². The number of hydrogen-bond donors (Lipinski definition) is 0. The Kier molecular flexibility index (Phi) is 6.39. The summed E-state index contributed by atoms with van der Waals surface area (Å²) in [6.07, 6.45) is 2.04. The van der Waals surface area contributed by atoms with Gasteiger partial charge in [0.2, 0.25) is 0 Å². The fourth-order valence-electron chi connectivity index (χ4n) is 2.24. The summed E-state index contributed by atoms with van der Waals surface area (Å²) in [6, 6.07) is 15.3. The minimum Gasteiger partial charge on any atom is -0.267 e. The van der Waals surface area contributed by atoms with E-state index in [4.69, 9.17) is 11.6 Å². The molecule has 0 saturated heterocycles. The molecule has 0 unspecified atom stereocenters. The van der Waals surface area contributed by atoms with Crippen LogP contribution >= 0.6 is 11.6 Å². The van der Waals surface area contributed by atoms with Crippen molar-refractivity contribution >= 4 is 27.5 Å². The summed E-state index contributed by atoms with van der Waals surface area (Å²) in [6.45, 7) is 3.61. The summed E-state index contributed by atoms with van der Waals surface area (Å²) >= 11 is 6.02. The number of amides is 1. The van der Waals surface area contributed by atoms with E-state index >= 15 is 0 Å². The van der Waals surface area contributed by atoms with Crippen molar-refractivity contribution in [3.63, 3.8) is 0 Å². The molecular formula is C19H20ClNO3S. The molecule has 2 aromatic rings. The van der Waals surface area contributed by atoms with Gasteiger partial charge in [-0.3, -0.25) is 4.79 Å². The van der Waals surface area contributed by atoms with Crippen LogP contribution in [0.2, 0.25) is 0 Å². The molecule has 0 aromatic heterocycles. The summed E-state index contributed by atoms with van der Waals surface area (Å²) in [5, 5.41) is -0.103. The maximum absolute atomic E-state index is 13.0. The smallest absolute Gasteiger partial charge is 0.267 e. The van der Waals surface area contributed by atoms with E-state index in [9.17, 15) is 13.2 Å². The Balaban J connectivity index is 2.48. The number of rotatable bonds is 6. The Morgan fingerprint density at radius 1 is 1.08 bits per heavy atom. The second kappa shape index (κ2) is 8.32. The van der Waals surface area contributed by atoms with E-state index in [0.717, 1.165) is 9.87 Å². The third-order valence-corrected chi connectivity index (χ3v) is 5.65. The Hall–Kier alpha value is -2.11. The van der Waals surface area contributed by atoms with Crippen molar-refractivity contribution in [2.45, 2.75) is 31.7 Å². The van der Waals surface area contributed by atoms with Crippen LogP contribution in [0.25, 0.3) is 0 Å². The van der Waals surface area contributed by atoms with Gasteiger partial charge in [0, 0.05) is 0 Å². The van der Waals surface area contributed by atoms with Crippen LogP contribution in [0.1, 0.15) is 24.5 Å². The molecule has 0 aliphatic carbocycles. The maximum atomic E-state index is 13.0. The zero-order chi connectivity index (χ0) is 18.4. The molecule has 0 saturated carbocycles. The van der Waals surface area contributed by atoms with Crippen LogP contribution in [0.5, 0.6) is 0 Å². The molecule has 2 rings (SSSR count). The monoisotopic (exact) mass is 377 g/mol. The molecule has 0 atom stereocenters. The fourth-order valence-corrected chi connectivity index (χ4v) is 3.91. The summed E-state index contributed by atoms with van der Waals surface area (Å²) in [5.41, 5.74) is 1.64. The van der Waals surface area contributed by atoms with Gasteiger partial charge >= 0.3 is 0 Å². The Morgan fingerprint density at radius 2 is 1.68 bits per heavy atom. The second-order valence-electron chi connectivity index (χ2n) is 5.58. The van der Waals surface area contributed by atoms with Crippen LogP contribution in [0.15, 0.2) is 70.6 Å². The van der Waals surface area contributed by atoms with Crippen molar-refractivity contribution in [3.8, 4) is 0 Å². The number of carbonyl (C=O) groups is 1. The highest BCUT2D eigenvalue weighted by Crippen LogP contribution is 2.22. The Bertz CT molecular complexity index is 859. The lowest BCUT2D eigenvalue weighted by Crippen LogP contribution is -2.36. The van der Waals surface area contributed by atoms with Gasteiger partial charge in [0.25, 0.3) is 15.9 Å². The van der Waals surface area contributed by atoms with Gasteiger partial charge in [-0.1, -0.05) is 72.6 Å². The summed E-state index contributed by atoms with van der Waals surface area (Å²) in [5.74, 6) is -0.729. The van der Waals surface area contributed by atoms with Crippen LogP contribution in [-0.4, -0.2) is 18.6 Å². The molecule has 0 spiro atoms. The highest BCUT2D eigenvalue weighted by molar-refractivity contribution is 7.89. The SMILES string of the molecule is CC/C=C(\Cl)C(=O)N(Cc1ccccc1)S(=O)(=O)c1ccc(C)cc1. The molecule has 1 amide bonds. The quantitative estimate of drug-likeness (QED) is 0.707. The van der Waals surface area contributed by atoms with Crippen molar-refractivity contribution in [2.24, 2.45) is 0 Å². The van der Waals surface area contributed by atoms with Crippen LogP contribution in [0.4, 0.5) is 0 Å². The lowest BCUT2D eigenvalue weighted by atomic mass is 10.2. The number of sulfonamides is 1. The normalized spacial score (nSPS) is 12.0. The first-order valence-corrected chi connectivity index (χ1v) is 9.71. The number of carbonyl (C=O) groups excluding carboxylic acids is 1.